The molecule has 2 amide bonds. The minimum atomic E-state index is -0.459. The van der Waals surface area contributed by atoms with Crippen LogP contribution in [0.2, 0.25) is 10.0 Å². The van der Waals surface area contributed by atoms with Crippen LogP contribution in [0.5, 0.6) is 5.75 Å². The Hall–Kier alpha value is -2.24. The van der Waals surface area contributed by atoms with Gasteiger partial charge < -0.3 is 15.0 Å². The second-order valence-corrected chi connectivity index (χ2v) is 7.44. The molecule has 27 heavy (non-hydrogen) atoms. The predicted octanol–water partition coefficient (Wildman–Crippen LogP) is 4.77. The number of amides is 2. The van der Waals surface area contributed by atoms with Gasteiger partial charge in [0.25, 0.3) is 0 Å². The summed E-state index contributed by atoms with van der Waals surface area (Å²) < 4.78 is 5.61. The van der Waals surface area contributed by atoms with Crippen LogP contribution >= 0.6 is 23.2 Å². The highest BCUT2D eigenvalue weighted by Gasteiger charge is 2.35. The molecule has 2 aromatic rings. The number of carbonyl (C=O) groups excluding carboxylic acids is 2. The monoisotopic (exact) mass is 406 g/mol. The molecule has 1 aliphatic heterocycles. The van der Waals surface area contributed by atoms with Gasteiger partial charge in [0.15, 0.2) is 0 Å². The summed E-state index contributed by atoms with van der Waals surface area (Å²) in [4.78, 5) is 26.6. The van der Waals surface area contributed by atoms with Crippen molar-refractivity contribution in [3.05, 3.63) is 52.5 Å². The molecule has 0 aliphatic carbocycles. The summed E-state index contributed by atoms with van der Waals surface area (Å²) in [5.74, 6) is -0.0657. The molecular weight excluding hydrogens is 387 g/mol. The number of rotatable bonds is 5. The molecule has 1 fully saturated rings. The summed E-state index contributed by atoms with van der Waals surface area (Å²) >= 11 is 12.1. The molecule has 142 valence electrons. The predicted molar refractivity (Wildman–Crippen MR) is 108 cm³/mol. The van der Waals surface area contributed by atoms with Crippen LogP contribution in [-0.4, -0.2) is 24.5 Å². The van der Waals surface area contributed by atoms with E-state index in [0.29, 0.717) is 17.3 Å². The second kappa shape index (κ2) is 8.19. The van der Waals surface area contributed by atoms with Crippen LogP contribution in [0.1, 0.15) is 20.3 Å². The molecule has 0 saturated carbocycles. The van der Waals surface area contributed by atoms with Crippen LogP contribution in [0.4, 0.5) is 11.4 Å². The third-order valence-electron chi connectivity index (χ3n) is 4.23. The van der Waals surface area contributed by atoms with E-state index in [1.807, 2.05) is 38.1 Å². The van der Waals surface area contributed by atoms with Crippen LogP contribution in [0.3, 0.4) is 0 Å². The Kier molecular flexibility index (Phi) is 5.92. The van der Waals surface area contributed by atoms with Crippen molar-refractivity contribution in [1.29, 1.82) is 0 Å². The van der Waals surface area contributed by atoms with Gasteiger partial charge in [0.1, 0.15) is 5.75 Å². The molecule has 0 bridgehead atoms. The van der Waals surface area contributed by atoms with Gasteiger partial charge >= 0.3 is 0 Å². The van der Waals surface area contributed by atoms with Gasteiger partial charge in [-0.1, -0.05) is 29.3 Å². The highest BCUT2D eigenvalue weighted by molar-refractivity contribution is 6.44. The highest BCUT2D eigenvalue weighted by Crippen LogP contribution is 2.31. The molecule has 0 unspecified atom stereocenters. The molecular formula is C20H20Cl2N2O3. The average molecular weight is 407 g/mol. The lowest BCUT2D eigenvalue weighted by atomic mass is 10.1. The summed E-state index contributed by atoms with van der Waals surface area (Å²) in [5, 5.41) is 3.41. The van der Waals surface area contributed by atoms with Gasteiger partial charge in [0.2, 0.25) is 11.8 Å². The SMILES string of the molecule is CC(C)Oc1ccc(N2C[C@@H](C(=O)Nc3cccc(Cl)c3Cl)CC2=O)cc1. The van der Waals surface area contributed by atoms with Crippen molar-refractivity contribution in [2.24, 2.45) is 5.92 Å². The van der Waals surface area contributed by atoms with E-state index in [1.54, 1.807) is 23.1 Å². The molecule has 1 aliphatic rings. The molecule has 1 N–H and O–H groups in total. The van der Waals surface area contributed by atoms with E-state index >= 15 is 0 Å². The zero-order valence-electron chi connectivity index (χ0n) is 15.0. The topological polar surface area (TPSA) is 58.6 Å². The summed E-state index contributed by atoms with van der Waals surface area (Å²) in [6.45, 7) is 4.22. The van der Waals surface area contributed by atoms with Crippen molar-refractivity contribution in [3.8, 4) is 5.75 Å². The molecule has 2 aromatic carbocycles. The van der Waals surface area contributed by atoms with Crippen LogP contribution in [0.25, 0.3) is 0 Å². The Morgan fingerprint density at radius 2 is 1.89 bits per heavy atom. The largest absolute Gasteiger partial charge is 0.491 e. The lowest BCUT2D eigenvalue weighted by molar-refractivity contribution is -0.122. The minimum absolute atomic E-state index is 0.0793. The normalized spacial score (nSPS) is 16.7. The number of nitrogens with one attached hydrogen (secondary N) is 1. The molecule has 0 radical (unpaired) electrons. The van der Waals surface area contributed by atoms with E-state index in [0.717, 1.165) is 11.4 Å². The van der Waals surface area contributed by atoms with Gasteiger partial charge in [-0.2, -0.15) is 0 Å². The molecule has 7 heteroatoms. The first-order chi connectivity index (χ1) is 12.8. The number of nitrogens with zero attached hydrogens (tertiary/aromatic N) is 1. The first kappa shape index (κ1) is 19.5. The van der Waals surface area contributed by atoms with Crippen molar-refractivity contribution < 1.29 is 14.3 Å². The summed E-state index contributed by atoms with van der Waals surface area (Å²) in [7, 11) is 0. The van der Waals surface area contributed by atoms with E-state index < -0.39 is 5.92 Å². The van der Waals surface area contributed by atoms with Gasteiger partial charge in [-0.3, -0.25) is 9.59 Å². The Bertz CT molecular complexity index is 853. The van der Waals surface area contributed by atoms with E-state index in [2.05, 4.69) is 5.32 Å². The standard InChI is InChI=1S/C20H20Cl2N2O3/c1-12(2)27-15-8-6-14(7-9-15)24-11-13(10-18(24)25)20(26)23-17-5-3-4-16(21)19(17)22/h3-9,12-13H,10-11H2,1-2H3,(H,23,26)/t13-/m0/s1. The van der Waals surface area contributed by atoms with E-state index in [1.165, 1.54) is 0 Å². The smallest absolute Gasteiger partial charge is 0.229 e. The van der Waals surface area contributed by atoms with Crippen LogP contribution in [-0.2, 0) is 9.59 Å². The van der Waals surface area contributed by atoms with Crippen molar-refractivity contribution in [2.75, 3.05) is 16.8 Å². The van der Waals surface area contributed by atoms with Crippen molar-refractivity contribution in [3.63, 3.8) is 0 Å². The maximum atomic E-state index is 12.6. The van der Waals surface area contributed by atoms with Gasteiger partial charge in [0.05, 0.1) is 27.8 Å². The Morgan fingerprint density at radius 3 is 2.56 bits per heavy atom. The number of anilines is 2. The van der Waals surface area contributed by atoms with Crippen molar-refractivity contribution in [1.82, 2.24) is 0 Å². The Labute approximate surface area is 168 Å². The Balaban J connectivity index is 1.67. The second-order valence-electron chi connectivity index (χ2n) is 6.66. The summed E-state index contributed by atoms with van der Waals surface area (Å²) in [6.07, 6.45) is 0.226. The first-order valence-corrected chi connectivity index (χ1v) is 9.42. The quantitative estimate of drug-likeness (QED) is 0.777. The number of carbonyl (C=O) groups is 2. The third-order valence-corrected chi connectivity index (χ3v) is 5.04. The molecule has 0 spiro atoms. The van der Waals surface area contributed by atoms with Crippen LogP contribution in [0.15, 0.2) is 42.5 Å². The fourth-order valence-electron chi connectivity index (χ4n) is 2.94. The van der Waals surface area contributed by atoms with E-state index in [-0.39, 0.29) is 29.4 Å². The number of hydrogen-bond donors (Lipinski definition) is 1. The summed E-state index contributed by atoms with van der Waals surface area (Å²) in [6, 6.07) is 12.3. The van der Waals surface area contributed by atoms with Gasteiger partial charge in [-0.15, -0.1) is 0 Å². The van der Waals surface area contributed by atoms with Crippen LogP contribution in [0, 0.1) is 5.92 Å². The molecule has 3 rings (SSSR count). The fourth-order valence-corrected chi connectivity index (χ4v) is 3.29. The van der Waals surface area contributed by atoms with Crippen LogP contribution < -0.4 is 15.0 Å². The van der Waals surface area contributed by atoms with Gasteiger partial charge in [-0.05, 0) is 50.2 Å². The first-order valence-electron chi connectivity index (χ1n) is 8.67. The molecule has 1 saturated heterocycles. The molecule has 1 heterocycles. The fraction of sp³-hybridized carbons (Fsp3) is 0.300. The molecule has 1 atom stereocenters. The minimum Gasteiger partial charge on any atom is -0.491 e. The zero-order valence-corrected chi connectivity index (χ0v) is 16.6. The zero-order chi connectivity index (χ0) is 19.6. The van der Waals surface area contributed by atoms with Crippen molar-refractivity contribution in [2.45, 2.75) is 26.4 Å². The van der Waals surface area contributed by atoms with E-state index in [9.17, 15) is 9.59 Å². The van der Waals surface area contributed by atoms with Crippen molar-refractivity contribution >= 4 is 46.4 Å². The molecule has 5 nitrogen and oxygen atoms in total. The maximum Gasteiger partial charge on any atom is 0.229 e. The number of benzene rings is 2. The van der Waals surface area contributed by atoms with Gasteiger partial charge in [0, 0.05) is 18.7 Å². The number of ether oxygens (including phenoxy) is 1. The third kappa shape index (κ3) is 4.54. The van der Waals surface area contributed by atoms with Gasteiger partial charge in [-0.25, -0.2) is 0 Å². The maximum absolute atomic E-state index is 12.6. The highest BCUT2D eigenvalue weighted by atomic mass is 35.5. The lowest BCUT2D eigenvalue weighted by Crippen LogP contribution is -2.28. The van der Waals surface area contributed by atoms with E-state index in [4.69, 9.17) is 27.9 Å². The number of hydrogen-bond acceptors (Lipinski definition) is 3. The Morgan fingerprint density at radius 1 is 1.19 bits per heavy atom. The summed E-state index contributed by atoms with van der Waals surface area (Å²) in [5.41, 5.74) is 1.18. The molecule has 0 aromatic heterocycles. The average Bonchev–Trinajstić information content (AvgIpc) is 3.01. The number of halogens is 2. The lowest BCUT2D eigenvalue weighted by Gasteiger charge is -2.18.